The predicted molar refractivity (Wildman–Crippen MR) is 72.0 cm³/mol. The fraction of sp³-hybridized carbons (Fsp3) is 1.00. The summed E-state index contributed by atoms with van der Waals surface area (Å²) in [6, 6.07) is 0. The first-order valence-electron chi connectivity index (χ1n) is 6.44. The van der Waals surface area contributed by atoms with Gasteiger partial charge in [0, 0.05) is 6.61 Å². The average molecular weight is 286 g/mol. The third-order valence-electron chi connectivity index (χ3n) is 1.45. The molecule has 7 nitrogen and oxygen atoms in total. The van der Waals surface area contributed by atoms with E-state index in [1.165, 1.54) is 0 Å². The van der Waals surface area contributed by atoms with E-state index < -0.39 is 0 Å². The van der Waals surface area contributed by atoms with Gasteiger partial charge in [0.25, 0.3) is 0 Å². The molecule has 0 amide bonds. The van der Waals surface area contributed by atoms with Crippen LogP contribution in [0.5, 0.6) is 0 Å². The van der Waals surface area contributed by atoms with Crippen LogP contribution >= 0.6 is 0 Å². The molecule has 0 spiro atoms. The molecule has 0 fully saturated rings. The van der Waals surface area contributed by atoms with Gasteiger partial charge in [-0.25, -0.2) is 0 Å². The van der Waals surface area contributed by atoms with Crippen LogP contribution in [0.15, 0.2) is 0 Å². The van der Waals surface area contributed by atoms with Crippen molar-refractivity contribution in [2.45, 2.75) is 19.8 Å². The van der Waals surface area contributed by atoms with Crippen LogP contribution in [-0.2, 0) is 9.47 Å². The van der Waals surface area contributed by atoms with Crippen molar-refractivity contribution in [1.82, 2.24) is 0 Å². The number of hydrogen-bond donors (Lipinski definition) is 5. The molecule has 0 rings (SSSR count). The second-order valence-electron chi connectivity index (χ2n) is 3.20. The van der Waals surface area contributed by atoms with Crippen molar-refractivity contribution in [2.75, 3.05) is 59.5 Å². The molecule has 0 aliphatic rings. The molecule has 0 unspecified atom stereocenters. The summed E-state index contributed by atoms with van der Waals surface area (Å²) in [6.45, 7) is 4.18. The minimum absolute atomic E-state index is 0.0922. The van der Waals surface area contributed by atoms with E-state index in [0.29, 0.717) is 19.8 Å². The summed E-state index contributed by atoms with van der Waals surface area (Å²) in [5, 5.41) is 38.8. The number of hydrogen-bond acceptors (Lipinski definition) is 7. The molecule has 0 bridgehead atoms. The van der Waals surface area contributed by atoms with Crippen LogP contribution < -0.4 is 0 Å². The number of unbranched alkanes of at least 4 members (excludes halogenated alkanes) is 1. The van der Waals surface area contributed by atoms with E-state index in [0.717, 1.165) is 19.4 Å². The summed E-state index contributed by atoms with van der Waals surface area (Å²) in [6.07, 6.45) is 2.28. The van der Waals surface area contributed by atoms with Crippen molar-refractivity contribution in [2.24, 2.45) is 0 Å². The van der Waals surface area contributed by atoms with Crippen LogP contribution in [0.2, 0.25) is 0 Å². The second-order valence-corrected chi connectivity index (χ2v) is 3.20. The van der Waals surface area contributed by atoms with Crippen LogP contribution in [-0.4, -0.2) is 85.0 Å². The van der Waals surface area contributed by atoms with Crippen LogP contribution in [0.1, 0.15) is 19.8 Å². The molecule has 5 N–H and O–H groups in total. The molecular formula is C12H30O7. The minimum atomic E-state index is -0.125. The van der Waals surface area contributed by atoms with Crippen molar-refractivity contribution < 1.29 is 35.0 Å². The smallest absolute Gasteiger partial charge is 0.0701 e. The van der Waals surface area contributed by atoms with Gasteiger partial charge in [0.15, 0.2) is 0 Å². The van der Waals surface area contributed by atoms with Gasteiger partial charge in [0.05, 0.1) is 52.9 Å². The van der Waals surface area contributed by atoms with E-state index in [1.807, 2.05) is 0 Å². The van der Waals surface area contributed by atoms with E-state index in [1.54, 1.807) is 0 Å². The highest BCUT2D eigenvalue weighted by molar-refractivity contribution is 4.33. The highest BCUT2D eigenvalue weighted by Crippen LogP contribution is 1.87. The van der Waals surface area contributed by atoms with Gasteiger partial charge in [-0.15, -0.1) is 0 Å². The zero-order chi connectivity index (χ0) is 15.2. The molecule has 0 atom stereocenters. The summed E-state index contributed by atoms with van der Waals surface area (Å²) >= 11 is 0. The number of ether oxygens (including phenoxy) is 2. The van der Waals surface area contributed by atoms with Crippen molar-refractivity contribution in [3.8, 4) is 0 Å². The number of rotatable bonds is 10. The lowest BCUT2D eigenvalue weighted by molar-refractivity contribution is 0.0324. The van der Waals surface area contributed by atoms with Crippen LogP contribution in [0.3, 0.4) is 0 Å². The lowest BCUT2D eigenvalue weighted by Crippen LogP contribution is -2.07. The van der Waals surface area contributed by atoms with E-state index >= 15 is 0 Å². The second kappa shape index (κ2) is 30.6. The lowest BCUT2D eigenvalue weighted by atomic mass is 10.4. The standard InChI is InChI=1S/C8H18O3.2C2H6O2/c1-2-3-5-10-7-8-11-6-4-9;2*3-1-2-4/h9H,2-8H2,1H3;2*3-4H,1-2H2. The molecule has 0 aliphatic heterocycles. The Hall–Kier alpha value is -0.280. The van der Waals surface area contributed by atoms with Gasteiger partial charge in [0.1, 0.15) is 0 Å². The van der Waals surface area contributed by atoms with Gasteiger partial charge >= 0.3 is 0 Å². The summed E-state index contributed by atoms with van der Waals surface area (Å²) in [5.41, 5.74) is 0. The maximum Gasteiger partial charge on any atom is 0.0701 e. The highest BCUT2D eigenvalue weighted by Gasteiger charge is 1.87. The molecule has 0 aromatic heterocycles. The van der Waals surface area contributed by atoms with Crippen molar-refractivity contribution in [1.29, 1.82) is 0 Å². The molecular weight excluding hydrogens is 256 g/mol. The molecule has 0 radical (unpaired) electrons. The maximum absolute atomic E-state index is 8.34. The van der Waals surface area contributed by atoms with E-state index in [2.05, 4.69) is 6.92 Å². The van der Waals surface area contributed by atoms with Crippen molar-refractivity contribution >= 4 is 0 Å². The van der Waals surface area contributed by atoms with Crippen LogP contribution in [0, 0.1) is 0 Å². The van der Waals surface area contributed by atoms with Gasteiger partial charge < -0.3 is 35.0 Å². The normalized spacial score (nSPS) is 9.16. The molecule has 0 aliphatic carbocycles. The summed E-state index contributed by atoms with van der Waals surface area (Å²) < 4.78 is 10.2. The maximum atomic E-state index is 8.34. The lowest BCUT2D eigenvalue weighted by Gasteiger charge is -2.02. The van der Waals surface area contributed by atoms with Gasteiger partial charge in [-0.1, -0.05) is 13.3 Å². The zero-order valence-corrected chi connectivity index (χ0v) is 11.8. The minimum Gasteiger partial charge on any atom is -0.394 e. The Morgan fingerprint density at radius 3 is 1.32 bits per heavy atom. The molecule has 19 heavy (non-hydrogen) atoms. The van der Waals surface area contributed by atoms with E-state index in [-0.39, 0.29) is 33.0 Å². The van der Waals surface area contributed by atoms with Crippen molar-refractivity contribution in [3.05, 3.63) is 0 Å². The van der Waals surface area contributed by atoms with Gasteiger partial charge in [-0.3, -0.25) is 0 Å². The highest BCUT2D eigenvalue weighted by atomic mass is 16.5. The van der Waals surface area contributed by atoms with Crippen LogP contribution in [0.4, 0.5) is 0 Å². The molecule has 0 saturated carbocycles. The van der Waals surface area contributed by atoms with E-state index in [4.69, 9.17) is 35.0 Å². The molecule has 0 aromatic carbocycles. The zero-order valence-electron chi connectivity index (χ0n) is 11.8. The Morgan fingerprint density at radius 2 is 1.00 bits per heavy atom. The predicted octanol–water partition coefficient (Wildman–Crippen LogP) is -1.25. The topological polar surface area (TPSA) is 120 Å². The fourth-order valence-electron chi connectivity index (χ4n) is 0.633. The summed E-state index contributed by atoms with van der Waals surface area (Å²) in [4.78, 5) is 0. The number of aliphatic hydroxyl groups is 5. The Bertz CT molecular complexity index is 98.3. The molecule has 0 heterocycles. The Balaban J connectivity index is -0.000000264. The molecule has 0 aromatic rings. The first-order chi connectivity index (χ1) is 9.24. The summed E-state index contributed by atoms with van der Waals surface area (Å²) in [7, 11) is 0. The third-order valence-corrected chi connectivity index (χ3v) is 1.45. The van der Waals surface area contributed by atoms with Gasteiger partial charge in [-0.05, 0) is 6.42 Å². The summed E-state index contributed by atoms with van der Waals surface area (Å²) in [5.74, 6) is 0. The monoisotopic (exact) mass is 286 g/mol. The first kappa shape index (κ1) is 23.8. The quantitative estimate of drug-likeness (QED) is 0.318. The van der Waals surface area contributed by atoms with Gasteiger partial charge in [0.2, 0.25) is 0 Å². The first-order valence-corrected chi connectivity index (χ1v) is 6.44. The molecule has 7 heteroatoms. The van der Waals surface area contributed by atoms with E-state index in [9.17, 15) is 0 Å². The Morgan fingerprint density at radius 1 is 0.579 bits per heavy atom. The Labute approximate surface area is 115 Å². The van der Waals surface area contributed by atoms with Crippen LogP contribution in [0.25, 0.3) is 0 Å². The average Bonchev–Trinajstić information content (AvgIpc) is 2.47. The molecule has 120 valence electrons. The number of aliphatic hydroxyl groups excluding tert-OH is 5. The van der Waals surface area contributed by atoms with Crippen molar-refractivity contribution in [3.63, 3.8) is 0 Å². The third kappa shape index (κ3) is 46.3. The molecule has 0 saturated heterocycles. The van der Waals surface area contributed by atoms with Gasteiger partial charge in [-0.2, -0.15) is 0 Å². The Kier molecular flexibility index (Phi) is 38.3. The SMILES string of the molecule is CCCCOCCOCCO.OCCO.OCCO. The largest absolute Gasteiger partial charge is 0.394 e. The fourth-order valence-corrected chi connectivity index (χ4v) is 0.633.